The number of likely N-dealkylation sites (N-methyl/N-ethyl adjacent to an activating group) is 1. The van der Waals surface area contributed by atoms with Gasteiger partial charge in [-0.15, -0.1) is 0 Å². The number of carbonyl (C=O) groups is 3. The first-order valence-corrected chi connectivity index (χ1v) is 13.3. The molecule has 3 amide bonds. The van der Waals surface area contributed by atoms with Crippen molar-refractivity contribution in [3.05, 3.63) is 59.0 Å². The highest BCUT2D eigenvalue weighted by atomic mass is 16.6. The maximum atomic E-state index is 13.1. The van der Waals surface area contributed by atoms with Gasteiger partial charge in [0, 0.05) is 57.7 Å². The first-order valence-electron chi connectivity index (χ1n) is 13.3. The van der Waals surface area contributed by atoms with Crippen molar-refractivity contribution < 1.29 is 19.1 Å². The maximum Gasteiger partial charge on any atom is 0.414 e. The molecule has 200 valence electrons. The van der Waals surface area contributed by atoms with Crippen LogP contribution in [0.1, 0.15) is 46.5 Å². The number of hydrogen-bond donors (Lipinski definition) is 0. The summed E-state index contributed by atoms with van der Waals surface area (Å²) < 4.78 is 5.58. The molecule has 8 heteroatoms. The van der Waals surface area contributed by atoms with Gasteiger partial charge in [-0.25, -0.2) is 4.79 Å². The van der Waals surface area contributed by atoms with Crippen molar-refractivity contribution in [2.45, 2.75) is 52.6 Å². The zero-order valence-electron chi connectivity index (χ0n) is 22.7. The minimum absolute atomic E-state index is 0.000275. The molecule has 2 saturated heterocycles. The van der Waals surface area contributed by atoms with Gasteiger partial charge in [0.05, 0.1) is 17.5 Å². The highest BCUT2D eigenvalue weighted by Gasteiger charge is 2.42. The summed E-state index contributed by atoms with van der Waals surface area (Å²) in [7, 11) is 2.06. The SMILES string of the molecule is C=C(/C=C\C(=C)C1CC2=C3C(=C1CCC2)N(C(=O)OC(C)C)CCN3C(C)=O)C(=O)N1CCN(C)CC1. The van der Waals surface area contributed by atoms with Gasteiger partial charge in [-0.2, -0.15) is 0 Å². The molecule has 8 nitrogen and oxygen atoms in total. The average Bonchev–Trinajstić information content (AvgIpc) is 3.19. The van der Waals surface area contributed by atoms with Gasteiger partial charge in [0.2, 0.25) is 5.91 Å². The van der Waals surface area contributed by atoms with E-state index in [1.54, 1.807) is 17.9 Å². The zero-order valence-corrected chi connectivity index (χ0v) is 22.7. The molecule has 0 N–H and O–H groups in total. The van der Waals surface area contributed by atoms with Gasteiger partial charge in [-0.05, 0) is 69.4 Å². The lowest BCUT2D eigenvalue weighted by atomic mass is 9.79. The summed E-state index contributed by atoms with van der Waals surface area (Å²) in [6.45, 7) is 17.6. The molecular weight excluding hydrogens is 468 g/mol. The van der Waals surface area contributed by atoms with Crippen molar-refractivity contribution in [3.8, 4) is 0 Å². The molecule has 5 rings (SSSR count). The van der Waals surface area contributed by atoms with Crippen LogP contribution in [0.25, 0.3) is 0 Å². The Hall–Kier alpha value is -3.13. The van der Waals surface area contributed by atoms with Gasteiger partial charge in [0.1, 0.15) is 0 Å². The van der Waals surface area contributed by atoms with E-state index < -0.39 is 0 Å². The van der Waals surface area contributed by atoms with Gasteiger partial charge < -0.3 is 19.4 Å². The number of carbonyl (C=O) groups excluding carboxylic acids is 3. The van der Waals surface area contributed by atoms with Gasteiger partial charge in [0.25, 0.3) is 5.91 Å². The third kappa shape index (κ3) is 5.59. The van der Waals surface area contributed by atoms with E-state index in [9.17, 15) is 14.4 Å². The van der Waals surface area contributed by atoms with E-state index in [-0.39, 0.29) is 29.9 Å². The number of allylic oxidation sites excluding steroid dienone is 4. The molecule has 0 radical (unpaired) electrons. The van der Waals surface area contributed by atoms with Crippen LogP contribution in [0, 0.1) is 5.92 Å². The quantitative estimate of drug-likeness (QED) is 0.417. The van der Waals surface area contributed by atoms with Crippen molar-refractivity contribution >= 4 is 17.9 Å². The fraction of sp³-hybridized carbons (Fsp3) is 0.552. The molecule has 2 aliphatic heterocycles. The van der Waals surface area contributed by atoms with Crippen molar-refractivity contribution in [1.29, 1.82) is 0 Å². The molecule has 1 unspecified atom stereocenters. The Morgan fingerprint density at radius 1 is 0.946 bits per heavy atom. The summed E-state index contributed by atoms with van der Waals surface area (Å²) in [6, 6.07) is 0. The minimum Gasteiger partial charge on any atom is -0.446 e. The van der Waals surface area contributed by atoms with Gasteiger partial charge in [0.15, 0.2) is 0 Å². The molecule has 1 saturated carbocycles. The van der Waals surface area contributed by atoms with E-state index in [4.69, 9.17) is 4.74 Å². The minimum atomic E-state index is -0.377. The van der Waals surface area contributed by atoms with Crippen LogP contribution >= 0.6 is 0 Å². The van der Waals surface area contributed by atoms with Crippen LogP contribution in [0.15, 0.2) is 59.0 Å². The molecule has 2 heterocycles. The second-order valence-corrected chi connectivity index (χ2v) is 10.7. The lowest BCUT2D eigenvalue weighted by Crippen LogP contribution is -2.49. The first kappa shape index (κ1) is 26.9. The number of rotatable bonds is 5. The van der Waals surface area contributed by atoms with Crippen LogP contribution in [-0.4, -0.2) is 89.9 Å². The lowest BCUT2D eigenvalue weighted by molar-refractivity contribution is -0.128. The van der Waals surface area contributed by atoms with E-state index in [0.717, 1.165) is 61.3 Å². The van der Waals surface area contributed by atoms with E-state index in [1.165, 1.54) is 5.57 Å². The van der Waals surface area contributed by atoms with Crippen molar-refractivity contribution in [3.63, 3.8) is 0 Å². The molecule has 0 spiro atoms. The Morgan fingerprint density at radius 3 is 2.27 bits per heavy atom. The average molecular weight is 509 g/mol. The van der Waals surface area contributed by atoms with Crippen LogP contribution in [0.3, 0.4) is 0 Å². The lowest BCUT2D eigenvalue weighted by Gasteiger charge is -2.43. The molecule has 3 aliphatic carbocycles. The van der Waals surface area contributed by atoms with Crippen molar-refractivity contribution in [2.75, 3.05) is 46.3 Å². The van der Waals surface area contributed by atoms with Crippen LogP contribution < -0.4 is 0 Å². The second kappa shape index (κ2) is 11.1. The number of ether oxygens (including phenoxy) is 1. The second-order valence-electron chi connectivity index (χ2n) is 10.7. The van der Waals surface area contributed by atoms with Crippen molar-refractivity contribution in [2.24, 2.45) is 5.92 Å². The Kier molecular flexibility index (Phi) is 8.07. The fourth-order valence-corrected chi connectivity index (χ4v) is 5.72. The van der Waals surface area contributed by atoms with E-state index in [2.05, 4.69) is 25.1 Å². The van der Waals surface area contributed by atoms with Gasteiger partial charge in [-0.1, -0.05) is 19.2 Å². The maximum absolute atomic E-state index is 13.1. The smallest absolute Gasteiger partial charge is 0.414 e. The number of fused-ring (bicyclic) bond motifs is 3. The fourth-order valence-electron chi connectivity index (χ4n) is 5.72. The molecule has 1 atom stereocenters. The summed E-state index contributed by atoms with van der Waals surface area (Å²) in [5, 5.41) is 0. The predicted octanol–water partition coefficient (Wildman–Crippen LogP) is 3.85. The molecule has 0 aromatic rings. The summed E-state index contributed by atoms with van der Waals surface area (Å²) in [6.07, 6.45) is 6.47. The van der Waals surface area contributed by atoms with Gasteiger partial charge in [-0.3, -0.25) is 14.5 Å². The number of amides is 3. The largest absolute Gasteiger partial charge is 0.446 e. The highest BCUT2D eigenvalue weighted by molar-refractivity contribution is 5.95. The first-order chi connectivity index (χ1) is 17.6. The van der Waals surface area contributed by atoms with E-state index in [0.29, 0.717) is 31.8 Å². The van der Waals surface area contributed by atoms with E-state index >= 15 is 0 Å². The topological polar surface area (TPSA) is 73.4 Å². The Balaban J connectivity index is 1.60. The van der Waals surface area contributed by atoms with Gasteiger partial charge >= 0.3 is 6.09 Å². The summed E-state index contributed by atoms with van der Waals surface area (Å²) in [4.78, 5) is 46.2. The Bertz CT molecular complexity index is 1090. The molecule has 37 heavy (non-hydrogen) atoms. The molecule has 0 aromatic carbocycles. The Morgan fingerprint density at radius 2 is 1.62 bits per heavy atom. The van der Waals surface area contributed by atoms with Crippen LogP contribution in [0.5, 0.6) is 0 Å². The third-order valence-corrected chi connectivity index (χ3v) is 7.69. The van der Waals surface area contributed by atoms with E-state index in [1.807, 2.05) is 29.7 Å². The monoisotopic (exact) mass is 508 g/mol. The normalized spacial score (nSPS) is 22.5. The van der Waals surface area contributed by atoms with Crippen LogP contribution in [0.4, 0.5) is 4.79 Å². The predicted molar refractivity (Wildman–Crippen MR) is 143 cm³/mol. The molecule has 5 aliphatic rings. The number of piperazine rings is 2. The highest BCUT2D eigenvalue weighted by Crippen LogP contribution is 2.48. The molecule has 0 aromatic heterocycles. The summed E-state index contributed by atoms with van der Waals surface area (Å²) in [5.41, 5.74) is 5.33. The number of hydrogen-bond acceptors (Lipinski definition) is 5. The summed E-state index contributed by atoms with van der Waals surface area (Å²) >= 11 is 0. The van der Waals surface area contributed by atoms with Crippen LogP contribution in [0.2, 0.25) is 0 Å². The number of nitrogens with zero attached hydrogens (tertiary/aromatic N) is 4. The third-order valence-electron chi connectivity index (χ3n) is 7.69. The summed E-state index contributed by atoms with van der Waals surface area (Å²) in [5.74, 6) is -0.0575. The standard InChI is InChI=1S/C29H40N4O4/c1-19(2)37-29(36)33-17-16-32(22(5)34)26-23-8-7-9-24(27(26)33)25(18-23)20(3)10-11-21(4)28(35)31-14-12-30(6)13-15-31/h10-11,19,25H,3-4,7-9,12-18H2,1-2,5-6H3/b11-10-. The molecular formula is C29H40N4O4. The molecule has 3 fully saturated rings. The Labute approximate surface area is 220 Å². The van der Waals surface area contributed by atoms with Crippen LogP contribution in [-0.2, 0) is 14.3 Å². The van der Waals surface area contributed by atoms with Crippen molar-refractivity contribution in [1.82, 2.24) is 19.6 Å². The molecule has 2 bridgehead atoms. The zero-order chi connectivity index (χ0) is 26.9.